The van der Waals surface area contributed by atoms with Gasteiger partial charge in [-0.15, -0.1) is 0 Å². The van der Waals surface area contributed by atoms with Crippen molar-refractivity contribution in [3.63, 3.8) is 0 Å². The minimum Gasteiger partial charge on any atom is -0.469 e. The average Bonchev–Trinajstić information content (AvgIpc) is 3.53. The van der Waals surface area contributed by atoms with E-state index in [2.05, 4.69) is 39.9 Å². The van der Waals surface area contributed by atoms with Crippen LogP contribution in [0.2, 0.25) is 0 Å². The highest BCUT2D eigenvalue weighted by Gasteiger charge is 2.72. The third-order valence-corrected chi connectivity index (χ3v) is 18.0. The minimum atomic E-state index is -0.321. The number of methoxy groups -OCH3 is 1. The van der Waals surface area contributed by atoms with Crippen molar-refractivity contribution in [1.29, 1.82) is 0 Å². The maximum atomic E-state index is 14.6. The maximum Gasteiger partial charge on any atom is 0.305 e. The van der Waals surface area contributed by atoms with Gasteiger partial charge in [0.25, 0.3) is 0 Å². The largest absolute Gasteiger partial charge is 0.469 e. The van der Waals surface area contributed by atoms with Crippen LogP contribution in [0.3, 0.4) is 0 Å². The van der Waals surface area contributed by atoms with Gasteiger partial charge < -0.3 is 19.9 Å². The first kappa shape index (κ1) is 43.6. The van der Waals surface area contributed by atoms with Gasteiger partial charge in [0.2, 0.25) is 5.91 Å². The number of carbonyl (C=O) groups excluding carboxylic acids is 3. The number of hydrogen-bond donors (Lipinski definition) is 2. The third-order valence-electron chi connectivity index (χ3n) is 17.0. The van der Waals surface area contributed by atoms with E-state index in [1.807, 2.05) is 0 Å². The van der Waals surface area contributed by atoms with E-state index in [1.54, 1.807) is 18.7 Å². The van der Waals surface area contributed by atoms with Crippen LogP contribution in [0.4, 0.5) is 0 Å². The summed E-state index contributed by atoms with van der Waals surface area (Å²) in [6, 6.07) is 0. The number of thioether (sulfide) groups is 1. The summed E-state index contributed by atoms with van der Waals surface area (Å²) >= 11 is 1.79. The van der Waals surface area contributed by atoms with E-state index in [-0.39, 0.29) is 51.7 Å². The number of aliphatic hydroxyl groups excluding tert-OH is 1. The van der Waals surface area contributed by atoms with E-state index in [4.69, 9.17) is 16.1 Å². The molecule has 5 aliphatic rings. The van der Waals surface area contributed by atoms with Gasteiger partial charge in [-0.25, -0.2) is 0 Å². The number of unbranched alkanes of at least 4 members (excludes halogenated alkanes) is 7. The number of amides is 1. The van der Waals surface area contributed by atoms with Gasteiger partial charge in [-0.2, -0.15) is 11.8 Å². The molecule has 308 valence electrons. The number of rotatable bonds is 18. The van der Waals surface area contributed by atoms with Gasteiger partial charge in [0.1, 0.15) is 6.10 Å². The molecule has 8 heteroatoms. The fourth-order valence-corrected chi connectivity index (χ4v) is 14.9. The van der Waals surface area contributed by atoms with Crippen LogP contribution in [0, 0.1) is 56.7 Å². The standard InChI is InChI=1S/C46H77NO6S/c1-32(31-54-30-29-48)34-20-25-46(41(51)47-28-16-14-12-10-9-11-13-15-17-39(50)52-8)27-26-44(6)35(40(34)46)18-19-37-43(5)23-22-38(53-33(2)49)42(3,4)36(43)21-24-45(37,44)7/h34-38,40,48H,1,9-31H2,2-8H3,(H,47,51)/t34-,35+,36-,37+,38-,40+,43-,44+,45+,46-/m0/s1. The SMILES string of the molecule is C=C(CSCCO)[C@@H]1CC[C@]2(C(=O)NCCCCCCCCCCC(=O)OC)CC[C@]3(C)[C@H](CC[C@@H]4[C@@]5(C)CC[C@H](OC(C)=O)C(C)(C)[C@@H]5CC[C@]43C)[C@@H]12. The Balaban J connectivity index is 1.27. The van der Waals surface area contributed by atoms with Crippen molar-refractivity contribution in [3.05, 3.63) is 12.2 Å². The topological polar surface area (TPSA) is 102 Å². The summed E-state index contributed by atoms with van der Waals surface area (Å²) in [5.41, 5.74) is 1.46. The summed E-state index contributed by atoms with van der Waals surface area (Å²) in [5, 5.41) is 13.1. The molecule has 5 rings (SSSR count). The van der Waals surface area contributed by atoms with Crippen molar-refractivity contribution >= 4 is 29.6 Å². The van der Waals surface area contributed by atoms with Crippen molar-refractivity contribution in [3.8, 4) is 0 Å². The summed E-state index contributed by atoms with van der Waals surface area (Å²) in [6.07, 6.45) is 20.4. The Labute approximate surface area is 333 Å². The van der Waals surface area contributed by atoms with Crippen LogP contribution in [0.25, 0.3) is 0 Å². The summed E-state index contributed by atoms with van der Waals surface area (Å²) in [6.45, 7) is 19.8. The molecule has 0 spiro atoms. The molecule has 54 heavy (non-hydrogen) atoms. The van der Waals surface area contributed by atoms with Crippen molar-refractivity contribution < 1.29 is 29.0 Å². The van der Waals surface area contributed by atoms with Gasteiger partial charge >= 0.3 is 11.9 Å². The summed E-state index contributed by atoms with van der Waals surface area (Å²) in [7, 11) is 1.45. The lowest BCUT2D eigenvalue weighted by Crippen LogP contribution is -2.67. The monoisotopic (exact) mass is 772 g/mol. The molecule has 0 aromatic rings. The second-order valence-corrected chi connectivity index (χ2v) is 20.9. The number of nitrogens with one attached hydrogen (secondary N) is 1. The Bertz CT molecular complexity index is 1330. The summed E-state index contributed by atoms with van der Waals surface area (Å²) < 4.78 is 10.7. The van der Waals surface area contributed by atoms with Crippen LogP contribution in [0.1, 0.15) is 164 Å². The molecule has 5 fully saturated rings. The number of ether oxygens (including phenoxy) is 2. The quantitative estimate of drug-likeness (QED) is 0.0813. The molecular weight excluding hydrogens is 695 g/mol. The second-order valence-electron chi connectivity index (χ2n) is 19.8. The molecule has 2 N–H and O–H groups in total. The van der Waals surface area contributed by atoms with Crippen molar-refractivity contribution in [1.82, 2.24) is 5.32 Å². The number of fused-ring (bicyclic) bond motifs is 7. The molecule has 1 amide bonds. The van der Waals surface area contributed by atoms with Crippen LogP contribution in [0.5, 0.6) is 0 Å². The molecule has 7 nitrogen and oxygen atoms in total. The van der Waals surface area contributed by atoms with Crippen LogP contribution in [-0.4, -0.2) is 60.8 Å². The highest BCUT2D eigenvalue weighted by Crippen LogP contribution is 2.77. The molecule has 5 aliphatic carbocycles. The van der Waals surface area contributed by atoms with Crippen molar-refractivity contribution in [2.75, 3.05) is 31.8 Å². The minimum absolute atomic E-state index is 0.0116. The molecule has 0 saturated heterocycles. The van der Waals surface area contributed by atoms with E-state index in [0.717, 1.165) is 88.7 Å². The van der Waals surface area contributed by atoms with E-state index < -0.39 is 0 Å². The molecule has 10 atom stereocenters. The molecule has 0 radical (unpaired) electrons. The van der Waals surface area contributed by atoms with Gasteiger partial charge in [0.15, 0.2) is 0 Å². The Kier molecular flexibility index (Phi) is 14.5. The van der Waals surface area contributed by atoms with Crippen LogP contribution in [-0.2, 0) is 23.9 Å². The summed E-state index contributed by atoms with van der Waals surface area (Å²) in [5.74, 6) is 3.94. The van der Waals surface area contributed by atoms with Crippen molar-refractivity contribution in [2.24, 2.45) is 56.7 Å². The number of aliphatic hydroxyl groups is 1. The first-order valence-corrected chi connectivity index (χ1v) is 23.2. The first-order valence-electron chi connectivity index (χ1n) is 22.0. The molecule has 0 aliphatic heterocycles. The number of carbonyl (C=O) groups is 3. The first-order chi connectivity index (χ1) is 25.6. The van der Waals surface area contributed by atoms with Gasteiger partial charge in [-0.1, -0.05) is 85.3 Å². The Morgan fingerprint density at radius 1 is 0.796 bits per heavy atom. The molecule has 0 bridgehead atoms. The normalized spacial score (nSPS) is 37.9. The van der Waals surface area contributed by atoms with E-state index in [0.29, 0.717) is 41.9 Å². The fraction of sp³-hybridized carbons (Fsp3) is 0.891. The third kappa shape index (κ3) is 8.23. The fourth-order valence-electron chi connectivity index (χ4n) is 14.1. The van der Waals surface area contributed by atoms with E-state index >= 15 is 0 Å². The molecule has 5 saturated carbocycles. The van der Waals surface area contributed by atoms with E-state index in [1.165, 1.54) is 57.6 Å². The van der Waals surface area contributed by atoms with Crippen molar-refractivity contribution in [2.45, 2.75) is 170 Å². The highest BCUT2D eigenvalue weighted by atomic mass is 32.2. The van der Waals surface area contributed by atoms with Gasteiger partial charge in [-0.05, 0) is 123 Å². The van der Waals surface area contributed by atoms with Gasteiger partial charge in [0.05, 0.1) is 19.1 Å². The van der Waals surface area contributed by atoms with Crippen LogP contribution < -0.4 is 5.32 Å². The second kappa shape index (κ2) is 17.9. The lowest BCUT2D eigenvalue weighted by atomic mass is 9.32. The Hall–Kier alpha value is -1.54. The molecule has 0 aromatic carbocycles. The molecule has 0 aromatic heterocycles. The van der Waals surface area contributed by atoms with Gasteiger partial charge in [-0.3, -0.25) is 14.4 Å². The summed E-state index contributed by atoms with van der Waals surface area (Å²) in [4.78, 5) is 38.1. The molecule has 0 unspecified atom stereocenters. The zero-order chi connectivity index (χ0) is 39.4. The Morgan fingerprint density at radius 3 is 2.15 bits per heavy atom. The zero-order valence-corrected chi connectivity index (χ0v) is 36.1. The average molecular weight is 772 g/mol. The maximum absolute atomic E-state index is 14.6. The molecule has 0 heterocycles. The smallest absolute Gasteiger partial charge is 0.305 e. The molecular formula is C46H77NO6S. The predicted octanol–water partition coefficient (Wildman–Crippen LogP) is 10.1. The van der Waals surface area contributed by atoms with Crippen LogP contribution in [0.15, 0.2) is 12.2 Å². The number of esters is 2. The van der Waals surface area contributed by atoms with Gasteiger partial charge in [0, 0.05) is 36.8 Å². The lowest BCUT2D eigenvalue weighted by molar-refractivity contribution is -0.248. The zero-order valence-electron chi connectivity index (χ0n) is 35.3. The highest BCUT2D eigenvalue weighted by molar-refractivity contribution is 7.99. The number of hydrogen-bond acceptors (Lipinski definition) is 7. The predicted molar refractivity (Wildman–Crippen MR) is 220 cm³/mol. The van der Waals surface area contributed by atoms with E-state index in [9.17, 15) is 19.5 Å². The Morgan fingerprint density at radius 2 is 1.48 bits per heavy atom. The van der Waals surface area contributed by atoms with Crippen LogP contribution >= 0.6 is 11.8 Å². The lowest BCUT2D eigenvalue weighted by Gasteiger charge is -2.72.